The average Bonchev–Trinajstić information content (AvgIpc) is 3.36. The molecule has 0 radical (unpaired) electrons. The number of hydrogen-bond donors (Lipinski definition) is 2. The molecule has 0 saturated carbocycles. The molecule has 1 heterocycles. The van der Waals surface area contributed by atoms with Crippen molar-refractivity contribution in [2.45, 2.75) is 100 Å². The van der Waals surface area contributed by atoms with E-state index >= 15 is 0 Å². The summed E-state index contributed by atoms with van der Waals surface area (Å²) in [7, 11) is 1.63. The monoisotopic (exact) mass is 585 g/mol. The lowest BCUT2D eigenvalue weighted by Crippen LogP contribution is -2.21. The van der Waals surface area contributed by atoms with Gasteiger partial charge in [-0.3, -0.25) is 9.59 Å². The first-order valence-electron chi connectivity index (χ1n) is 14.0. The summed E-state index contributed by atoms with van der Waals surface area (Å²) in [5, 5.41) is 2.01. The Morgan fingerprint density at radius 2 is 1.64 bits per heavy atom. The van der Waals surface area contributed by atoms with Gasteiger partial charge in [0.05, 0.1) is 13.4 Å². The molecule has 0 spiro atoms. The summed E-state index contributed by atoms with van der Waals surface area (Å²) in [6.07, 6.45) is 7.00. The zero-order valence-corrected chi connectivity index (χ0v) is 27.3. The van der Waals surface area contributed by atoms with E-state index in [1.54, 1.807) is 19.6 Å². The molecule has 1 atom stereocenters. The molecule has 0 fully saturated rings. The fourth-order valence-corrected chi connectivity index (χ4v) is 3.96. The van der Waals surface area contributed by atoms with Crippen molar-refractivity contribution < 1.29 is 28.6 Å². The molecule has 0 bridgehead atoms. The molecule has 0 aliphatic rings. The van der Waals surface area contributed by atoms with Gasteiger partial charge >= 0.3 is 5.97 Å². The van der Waals surface area contributed by atoms with Gasteiger partial charge in [-0.05, 0) is 70.7 Å². The smallest absolute Gasteiger partial charge is 0.303 e. The lowest BCUT2D eigenvalue weighted by Gasteiger charge is -2.22. The highest BCUT2D eigenvalue weighted by Gasteiger charge is 2.21. The number of hydrogen-bond acceptors (Lipinski definition) is 8. The molecule has 9 heteroatoms. The Morgan fingerprint density at radius 1 is 1.07 bits per heavy atom. The predicted molar refractivity (Wildman–Crippen MR) is 169 cm³/mol. The maximum absolute atomic E-state index is 10.9. The molecule has 3 N–H and O–H groups in total. The van der Waals surface area contributed by atoms with E-state index in [1.807, 2.05) is 45.9 Å². The first-order valence-corrected chi connectivity index (χ1v) is 14.0. The van der Waals surface area contributed by atoms with E-state index in [9.17, 15) is 9.59 Å². The molecule has 9 nitrogen and oxygen atoms in total. The largest absolute Gasteiger partial charge is 0.493 e. The second-order valence-electron chi connectivity index (χ2n) is 12.0. The highest BCUT2D eigenvalue weighted by atomic mass is 16.6. The van der Waals surface area contributed by atoms with Gasteiger partial charge in [-0.25, -0.2) is 4.98 Å². The number of H-pyrrole nitrogens is 1. The number of methoxy groups -OCH3 is 1. The van der Waals surface area contributed by atoms with Gasteiger partial charge in [-0.15, -0.1) is 0 Å². The van der Waals surface area contributed by atoms with Gasteiger partial charge < -0.3 is 29.7 Å². The van der Waals surface area contributed by atoms with E-state index in [4.69, 9.17) is 24.7 Å². The van der Waals surface area contributed by atoms with Gasteiger partial charge in [0.25, 0.3) is 6.47 Å². The number of fused-ring (bicyclic) bond motifs is 1. The van der Waals surface area contributed by atoms with E-state index in [2.05, 4.69) is 43.7 Å². The van der Waals surface area contributed by atoms with E-state index in [0.29, 0.717) is 18.0 Å². The minimum absolute atomic E-state index is 0.213. The van der Waals surface area contributed by atoms with Gasteiger partial charge in [-0.2, -0.15) is 0 Å². The minimum atomic E-state index is -0.328. The second kappa shape index (κ2) is 18.7. The zero-order valence-electron chi connectivity index (χ0n) is 27.3. The Balaban J connectivity index is 0.000000689. The fraction of sp³-hybridized carbons (Fsp3) is 0.515. The molecule has 0 aliphatic carbocycles. The zero-order chi connectivity index (χ0) is 32.5. The topological polar surface area (TPSA) is 134 Å². The molecule has 1 unspecified atom stereocenters. The number of carbonyl (C=O) groups excluding carboxylic acids is 3. The van der Waals surface area contributed by atoms with Crippen LogP contribution in [-0.4, -0.2) is 47.4 Å². The summed E-state index contributed by atoms with van der Waals surface area (Å²) in [6, 6.07) is 8.17. The van der Waals surface area contributed by atoms with Gasteiger partial charge in [0.1, 0.15) is 11.9 Å². The third kappa shape index (κ3) is 15.3. The maximum atomic E-state index is 10.9. The summed E-state index contributed by atoms with van der Waals surface area (Å²) >= 11 is 0. The van der Waals surface area contributed by atoms with Gasteiger partial charge in [-0.1, -0.05) is 45.0 Å². The van der Waals surface area contributed by atoms with E-state index in [-0.39, 0.29) is 23.0 Å². The Bertz CT molecular complexity index is 1220. The quantitative estimate of drug-likeness (QED) is 0.236. The standard InChI is InChI=1S/C19H24O3.C6H11N3.C6H12O2.C2H4O/c1-13-14-8-6-7-9-16(14)18(22-12-20)17(21-5)15(13)10-11-19(2,3)4;1-5(7)2-6-3-8-4-9-6;1-5(7)8-6(2,3)4;1-2-3/h6-9,12H,10-11H2,1-5H3;3-5H,2,7H2,1H3,(H,8,9);1-4H3;2H,1H3. The lowest BCUT2D eigenvalue weighted by molar-refractivity contribution is -0.151. The molecule has 42 heavy (non-hydrogen) atoms. The summed E-state index contributed by atoms with van der Waals surface area (Å²) in [4.78, 5) is 36.8. The van der Waals surface area contributed by atoms with Crippen molar-refractivity contribution in [1.82, 2.24) is 9.97 Å². The van der Waals surface area contributed by atoms with Gasteiger partial charge in [0.15, 0.2) is 11.5 Å². The molecular formula is C33H51N3O6. The SMILES string of the molecule is CC(=O)OC(C)(C)C.CC(N)Cc1cnc[nH]1.CC=O.COc1c(CCC(C)(C)C)c(C)c2ccccc2c1OC=O. The number of benzene rings is 2. The Morgan fingerprint density at radius 3 is 2.02 bits per heavy atom. The van der Waals surface area contributed by atoms with E-state index < -0.39 is 0 Å². The molecule has 234 valence electrons. The van der Waals surface area contributed by atoms with E-state index in [0.717, 1.165) is 47.6 Å². The number of aryl methyl sites for hydroxylation is 1. The minimum Gasteiger partial charge on any atom is -0.493 e. The van der Waals surface area contributed by atoms with Crippen LogP contribution in [0.4, 0.5) is 0 Å². The molecule has 1 aromatic heterocycles. The van der Waals surface area contributed by atoms with Crippen LogP contribution in [0, 0.1) is 12.3 Å². The van der Waals surface area contributed by atoms with Crippen LogP contribution >= 0.6 is 0 Å². The maximum Gasteiger partial charge on any atom is 0.303 e. The molecule has 3 aromatic rings. The van der Waals surface area contributed by atoms with Crippen molar-refractivity contribution in [1.29, 1.82) is 0 Å². The summed E-state index contributed by atoms with van der Waals surface area (Å²) in [6.45, 7) is 19.6. The number of aldehydes is 1. The van der Waals surface area contributed by atoms with Crippen molar-refractivity contribution in [3.05, 3.63) is 53.6 Å². The second-order valence-corrected chi connectivity index (χ2v) is 12.0. The summed E-state index contributed by atoms with van der Waals surface area (Å²) in [5.74, 6) is 0.965. The van der Waals surface area contributed by atoms with Crippen LogP contribution in [-0.2, 0) is 32.0 Å². The van der Waals surface area contributed by atoms with Crippen LogP contribution < -0.4 is 15.2 Å². The van der Waals surface area contributed by atoms with Crippen LogP contribution in [0.25, 0.3) is 10.8 Å². The number of rotatable bonds is 7. The number of ether oxygens (including phenoxy) is 3. The highest BCUT2D eigenvalue weighted by Crippen LogP contribution is 2.42. The number of aromatic amines is 1. The van der Waals surface area contributed by atoms with Crippen molar-refractivity contribution in [2.24, 2.45) is 11.1 Å². The lowest BCUT2D eigenvalue weighted by atomic mass is 9.86. The van der Waals surface area contributed by atoms with Crippen LogP contribution in [0.5, 0.6) is 11.5 Å². The Kier molecular flexibility index (Phi) is 17.0. The van der Waals surface area contributed by atoms with Crippen molar-refractivity contribution in [3.63, 3.8) is 0 Å². The van der Waals surface area contributed by atoms with Crippen LogP contribution in [0.3, 0.4) is 0 Å². The predicted octanol–water partition coefficient (Wildman–Crippen LogP) is 6.52. The molecule has 2 aromatic carbocycles. The summed E-state index contributed by atoms with van der Waals surface area (Å²) in [5.41, 5.74) is 8.85. The number of nitrogens with two attached hydrogens (primary N) is 1. The van der Waals surface area contributed by atoms with Gasteiger partial charge in [0, 0.05) is 42.2 Å². The Hall–Kier alpha value is -3.72. The number of nitrogens with zero attached hydrogens (tertiary/aromatic N) is 1. The van der Waals surface area contributed by atoms with Crippen LogP contribution in [0.1, 0.15) is 85.6 Å². The number of nitrogens with one attached hydrogen (secondary N) is 1. The molecular weight excluding hydrogens is 534 g/mol. The molecule has 0 aliphatic heterocycles. The molecule has 0 amide bonds. The fourth-order valence-electron chi connectivity index (χ4n) is 3.96. The molecule has 3 rings (SSSR count). The first-order chi connectivity index (χ1) is 19.5. The van der Waals surface area contributed by atoms with Crippen molar-refractivity contribution in [2.75, 3.05) is 7.11 Å². The number of carbonyl (C=O) groups is 3. The number of esters is 1. The summed E-state index contributed by atoms with van der Waals surface area (Å²) < 4.78 is 15.7. The normalized spacial score (nSPS) is 11.3. The number of imidazole rings is 1. The van der Waals surface area contributed by atoms with Crippen LogP contribution in [0.15, 0.2) is 36.8 Å². The molecule has 0 saturated heterocycles. The van der Waals surface area contributed by atoms with Crippen molar-refractivity contribution >= 4 is 29.5 Å². The van der Waals surface area contributed by atoms with E-state index in [1.165, 1.54) is 19.4 Å². The average molecular weight is 586 g/mol. The first kappa shape index (κ1) is 38.3. The number of aromatic nitrogens is 2. The Labute approximate surface area is 251 Å². The highest BCUT2D eigenvalue weighted by molar-refractivity contribution is 5.95. The third-order valence-electron chi connectivity index (χ3n) is 5.55. The van der Waals surface area contributed by atoms with Crippen molar-refractivity contribution in [3.8, 4) is 11.5 Å². The van der Waals surface area contributed by atoms with Crippen LogP contribution in [0.2, 0.25) is 0 Å². The third-order valence-corrected chi connectivity index (χ3v) is 5.55. The van der Waals surface area contributed by atoms with Gasteiger partial charge in [0.2, 0.25) is 0 Å².